The van der Waals surface area contributed by atoms with Crippen molar-refractivity contribution in [3.05, 3.63) is 36.2 Å². The molecule has 0 radical (unpaired) electrons. The third-order valence-electron chi connectivity index (χ3n) is 3.75. The minimum Gasteiger partial charge on any atom is -0.497 e. The molecule has 1 aromatic heterocycles. The number of ether oxygens (including phenoxy) is 1. The predicted molar refractivity (Wildman–Crippen MR) is 77.6 cm³/mol. The van der Waals surface area contributed by atoms with Crippen molar-refractivity contribution >= 4 is 5.91 Å². The molecule has 3 rings (SSSR count). The molecule has 1 heterocycles. The molecule has 0 atom stereocenters. The van der Waals surface area contributed by atoms with Crippen LogP contribution in [0.15, 0.2) is 30.5 Å². The third-order valence-corrected chi connectivity index (χ3v) is 3.75. The van der Waals surface area contributed by atoms with E-state index in [4.69, 9.17) is 4.74 Å². The quantitative estimate of drug-likeness (QED) is 0.932. The summed E-state index contributed by atoms with van der Waals surface area (Å²) in [5, 5.41) is 11.0. The van der Waals surface area contributed by atoms with Gasteiger partial charge in [-0.25, -0.2) is 4.68 Å². The van der Waals surface area contributed by atoms with Crippen molar-refractivity contribution < 1.29 is 9.53 Å². The van der Waals surface area contributed by atoms with Gasteiger partial charge in [0.05, 0.1) is 19.0 Å². The van der Waals surface area contributed by atoms with Crippen LogP contribution in [0.25, 0.3) is 5.69 Å². The molecule has 0 spiro atoms. The Labute approximate surface area is 123 Å². The molecule has 0 bridgehead atoms. The molecule has 1 aliphatic carbocycles. The predicted octanol–water partition coefficient (Wildman–Crippen LogP) is 1.95. The van der Waals surface area contributed by atoms with Crippen LogP contribution in [0.1, 0.15) is 36.2 Å². The van der Waals surface area contributed by atoms with Gasteiger partial charge in [0.25, 0.3) is 5.91 Å². The molecule has 0 aliphatic heterocycles. The standard InChI is InChI=1S/C15H18N4O2/c1-21-13-8-6-12(7-9-13)19-10-14(17-18-19)15(20)16-11-4-2-3-5-11/h6-11H,2-5H2,1H3,(H,16,20). The summed E-state index contributed by atoms with van der Waals surface area (Å²) in [6, 6.07) is 7.70. The van der Waals surface area contributed by atoms with Crippen LogP contribution in [-0.4, -0.2) is 34.1 Å². The fraction of sp³-hybridized carbons (Fsp3) is 0.400. The largest absolute Gasteiger partial charge is 0.497 e. The number of hydrogen-bond acceptors (Lipinski definition) is 4. The van der Waals surface area contributed by atoms with Gasteiger partial charge < -0.3 is 10.1 Å². The lowest BCUT2D eigenvalue weighted by atomic mass is 10.2. The van der Waals surface area contributed by atoms with Gasteiger partial charge in [0.1, 0.15) is 5.75 Å². The molecule has 1 fully saturated rings. The van der Waals surface area contributed by atoms with E-state index >= 15 is 0 Å². The topological polar surface area (TPSA) is 69.0 Å². The summed E-state index contributed by atoms with van der Waals surface area (Å²) in [7, 11) is 1.62. The Morgan fingerprint density at radius 3 is 2.67 bits per heavy atom. The molecule has 1 saturated carbocycles. The normalized spacial score (nSPS) is 15.1. The van der Waals surface area contributed by atoms with Crippen molar-refractivity contribution in [2.24, 2.45) is 0 Å². The van der Waals surface area contributed by atoms with Crippen molar-refractivity contribution in [1.29, 1.82) is 0 Å². The third kappa shape index (κ3) is 3.04. The maximum Gasteiger partial charge on any atom is 0.273 e. The molecule has 110 valence electrons. The van der Waals surface area contributed by atoms with Crippen molar-refractivity contribution in [1.82, 2.24) is 20.3 Å². The van der Waals surface area contributed by atoms with E-state index in [9.17, 15) is 4.79 Å². The Bertz CT molecular complexity index is 615. The van der Waals surface area contributed by atoms with Crippen LogP contribution in [-0.2, 0) is 0 Å². The first-order chi connectivity index (χ1) is 10.3. The highest BCUT2D eigenvalue weighted by atomic mass is 16.5. The smallest absolute Gasteiger partial charge is 0.273 e. The van der Waals surface area contributed by atoms with Crippen molar-refractivity contribution in [3.63, 3.8) is 0 Å². The van der Waals surface area contributed by atoms with Crippen molar-refractivity contribution in [2.75, 3.05) is 7.11 Å². The zero-order chi connectivity index (χ0) is 14.7. The first-order valence-electron chi connectivity index (χ1n) is 7.14. The molecule has 1 N–H and O–H groups in total. The van der Waals surface area contributed by atoms with Crippen LogP contribution in [0.3, 0.4) is 0 Å². The van der Waals surface area contributed by atoms with Gasteiger partial charge >= 0.3 is 0 Å². The minimum atomic E-state index is -0.151. The van der Waals surface area contributed by atoms with E-state index < -0.39 is 0 Å². The number of amides is 1. The van der Waals surface area contributed by atoms with Gasteiger partial charge in [-0.3, -0.25) is 4.79 Å². The Kier molecular flexibility index (Phi) is 3.85. The van der Waals surface area contributed by atoms with E-state index in [1.165, 1.54) is 12.8 Å². The van der Waals surface area contributed by atoms with Gasteiger partial charge in [-0.05, 0) is 37.1 Å². The van der Waals surface area contributed by atoms with E-state index in [1.807, 2.05) is 24.3 Å². The van der Waals surface area contributed by atoms with Gasteiger partial charge in [0, 0.05) is 6.04 Å². The van der Waals surface area contributed by atoms with Gasteiger partial charge in [-0.1, -0.05) is 18.1 Å². The molecule has 0 saturated heterocycles. The second-order valence-electron chi connectivity index (χ2n) is 5.20. The molecular weight excluding hydrogens is 268 g/mol. The molecule has 1 aromatic carbocycles. The molecule has 21 heavy (non-hydrogen) atoms. The van der Waals surface area contributed by atoms with E-state index in [0.717, 1.165) is 24.3 Å². The van der Waals surface area contributed by atoms with Gasteiger partial charge in [0.2, 0.25) is 0 Å². The van der Waals surface area contributed by atoms with Crippen LogP contribution in [0.4, 0.5) is 0 Å². The number of methoxy groups -OCH3 is 1. The van der Waals surface area contributed by atoms with Crippen LogP contribution in [0, 0.1) is 0 Å². The van der Waals surface area contributed by atoms with E-state index in [1.54, 1.807) is 18.0 Å². The molecular formula is C15H18N4O2. The molecule has 6 heteroatoms. The molecule has 2 aromatic rings. The highest BCUT2D eigenvalue weighted by Gasteiger charge is 2.19. The maximum atomic E-state index is 12.1. The monoisotopic (exact) mass is 286 g/mol. The summed E-state index contributed by atoms with van der Waals surface area (Å²) in [5.41, 5.74) is 1.18. The summed E-state index contributed by atoms with van der Waals surface area (Å²) in [6.07, 6.45) is 6.12. The van der Waals surface area contributed by atoms with Crippen LogP contribution in [0.5, 0.6) is 5.75 Å². The number of carbonyl (C=O) groups excluding carboxylic acids is 1. The first kappa shape index (κ1) is 13.6. The zero-order valence-corrected chi connectivity index (χ0v) is 12.0. The Morgan fingerprint density at radius 1 is 1.29 bits per heavy atom. The first-order valence-corrected chi connectivity index (χ1v) is 7.14. The Morgan fingerprint density at radius 2 is 2.00 bits per heavy atom. The van der Waals surface area contributed by atoms with E-state index in [0.29, 0.717) is 5.69 Å². The highest BCUT2D eigenvalue weighted by Crippen LogP contribution is 2.18. The number of carbonyl (C=O) groups is 1. The number of rotatable bonds is 4. The number of hydrogen-bond donors (Lipinski definition) is 1. The Hall–Kier alpha value is -2.37. The minimum absolute atomic E-state index is 0.151. The van der Waals surface area contributed by atoms with Gasteiger partial charge in [-0.15, -0.1) is 5.10 Å². The number of nitrogens with zero attached hydrogens (tertiary/aromatic N) is 3. The van der Waals surface area contributed by atoms with Crippen LogP contribution in [0.2, 0.25) is 0 Å². The van der Waals surface area contributed by atoms with Crippen LogP contribution >= 0.6 is 0 Å². The summed E-state index contributed by atoms with van der Waals surface area (Å²) in [5.74, 6) is 0.625. The summed E-state index contributed by atoms with van der Waals surface area (Å²) in [4.78, 5) is 12.1. The number of aromatic nitrogens is 3. The van der Waals surface area contributed by atoms with Crippen LogP contribution < -0.4 is 10.1 Å². The second-order valence-corrected chi connectivity index (χ2v) is 5.20. The molecule has 6 nitrogen and oxygen atoms in total. The van der Waals surface area contributed by atoms with Crippen molar-refractivity contribution in [2.45, 2.75) is 31.7 Å². The lowest BCUT2D eigenvalue weighted by Gasteiger charge is -2.09. The molecule has 1 aliphatic rings. The highest BCUT2D eigenvalue weighted by molar-refractivity contribution is 5.92. The van der Waals surface area contributed by atoms with E-state index in [2.05, 4.69) is 15.6 Å². The second kappa shape index (κ2) is 5.95. The average Bonchev–Trinajstić information content (AvgIpc) is 3.18. The van der Waals surface area contributed by atoms with Gasteiger partial charge in [0.15, 0.2) is 5.69 Å². The summed E-state index contributed by atoms with van der Waals surface area (Å²) >= 11 is 0. The summed E-state index contributed by atoms with van der Waals surface area (Å²) in [6.45, 7) is 0. The zero-order valence-electron chi connectivity index (χ0n) is 12.0. The molecule has 0 unspecified atom stereocenters. The average molecular weight is 286 g/mol. The van der Waals surface area contributed by atoms with E-state index in [-0.39, 0.29) is 11.9 Å². The molecule has 1 amide bonds. The lowest BCUT2D eigenvalue weighted by Crippen LogP contribution is -2.32. The number of nitrogens with one attached hydrogen (secondary N) is 1. The number of benzene rings is 1. The Balaban J connectivity index is 1.71. The van der Waals surface area contributed by atoms with Gasteiger partial charge in [-0.2, -0.15) is 0 Å². The van der Waals surface area contributed by atoms with Crippen molar-refractivity contribution in [3.8, 4) is 11.4 Å². The maximum absolute atomic E-state index is 12.1. The lowest BCUT2D eigenvalue weighted by molar-refractivity contribution is 0.0932. The SMILES string of the molecule is COc1ccc(-n2cc(C(=O)NC3CCCC3)nn2)cc1. The summed E-state index contributed by atoms with van der Waals surface area (Å²) < 4.78 is 6.70. The fourth-order valence-corrected chi connectivity index (χ4v) is 2.56. The fourth-order valence-electron chi connectivity index (χ4n) is 2.56.